The lowest BCUT2D eigenvalue weighted by molar-refractivity contribution is -0.276. The number of hydrogen-bond acceptors (Lipinski definition) is 4. The lowest BCUT2D eigenvalue weighted by atomic mass is 9.84. The van der Waals surface area contributed by atoms with Gasteiger partial charge in [-0.05, 0) is 35.0 Å². The third-order valence-electron chi connectivity index (χ3n) is 6.48. The van der Waals surface area contributed by atoms with Gasteiger partial charge in [0.2, 0.25) is 5.91 Å². The van der Waals surface area contributed by atoms with Crippen LogP contribution in [0.3, 0.4) is 0 Å². The number of fused-ring (bicyclic) bond motifs is 1. The third kappa shape index (κ3) is 7.09. The van der Waals surface area contributed by atoms with E-state index in [0.29, 0.717) is 18.2 Å². The largest absolute Gasteiger partial charge is 0.435 e. The Hall–Kier alpha value is -4.27. The van der Waals surface area contributed by atoms with E-state index in [4.69, 9.17) is 16.4 Å². The van der Waals surface area contributed by atoms with E-state index >= 15 is 0 Å². The number of allylic oxidation sites excluding steroid dienone is 1. The number of oxime groups is 1. The Bertz CT molecular complexity index is 1650. The van der Waals surface area contributed by atoms with Crippen LogP contribution in [0, 0.1) is 0 Å². The molecule has 3 aromatic rings. The van der Waals surface area contributed by atoms with Crippen LogP contribution in [0.25, 0.3) is 10.8 Å². The van der Waals surface area contributed by atoms with Crippen LogP contribution in [0.1, 0.15) is 39.9 Å². The number of benzene rings is 3. The summed E-state index contributed by atoms with van der Waals surface area (Å²) in [5.74, 6) is -1.61. The van der Waals surface area contributed by atoms with E-state index in [1.165, 1.54) is 36.4 Å². The first kappa shape index (κ1) is 32.6. The van der Waals surface area contributed by atoms with Gasteiger partial charge in [0.1, 0.15) is 0 Å². The highest BCUT2D eigenvalue weighted by Gasteiger charge is 2.62. The minimum Gasteiger partial charge on any atom is -0.374 e. The first-order chi connectivity index (χ1) is 20.4. The number of alkyl halides is 9. The van der Waals surface area contributed by atoms with E-state index in [2.05, 4.69) is 15.8 Å². The standard InChI is InChI=1S/C28H19ClF9N3O3/c29-17-11-15(10-16(12-17)27(33,34)35)25(28(36,37)38)13-22(41-44-25)20-6-7-21(19-5-2-1-4-18(19)20)24(43)40-14-23(42)39-9-3-8-26(30,31)32/h1-7,9-12H,8,13-14H2,(H,39,42)(H,40,43)/b9-3+. The molecule has 1 unspecified atom stereocenters. The van der Waals surface area contributed by atoms with Gasteiger partial charge in [0.05, 0.1) is 24.2 Å². The normalized spacial score (nSPS) is 17.5. The number of amides is 2. The Kier molecular flexibility index (Phi) is 8.92. The molecule has 0 aromatic heterocycles. The maximum Gasteiger partial charge on any atom is 0.435 e. The maximum atomic E-state index is 14.5. The molecular weight excluding hydrogens is 633 g/mol. The highest BCUT2D eigenvalue weighted by atomic mass is 35.5. The van der Waals surface area contributed by atoms with Crippen molar-refractivity contribution in [2.45, 2.75) is 37.0 Å². The molecule has 0 aliphatic carbocycles. The smallest absolute Gasteiger partial charge is 0.374 e. The maximum absolute atomic E-state index is 14.5. The van der Waals surface area contributed by atoms with E-state index in [1.54, 1.807) is 0 Å². The summed E-state index contributed by atoms with van der Waals surface area (Å²) in [4.78, 5) is 29.6. The number of hydrogen-bond donors (Lipinski definition) is 2. The zero-order chi connectivity index (χ0) is 32.5. The van der Waals surface area contributed by atoms with Crippen LogP contribution in [0.4, 0.5) is 39.5 Å². The van der Waals surface area contributed by atoms with Gasteiger partial charge in [-0.15, -0.1) is 0 Å². The highest BCUT2D eigenvalue weighted by molar-refractivity contribution is 6.30. The van der Waals surface area contributed by atoms with Crippen molar-refractivity contribution < 1.29 is 53.9 Å². The second-order valence-electron chi connectivity index (χ2n) is 9.54. The average molecular weight is 652 g/mol. The number of halogens is 10. The molecule has 0 bridgehead atoms. The molecular formula is C28H19ClF9N3O3. The van der Waals surface area contributed by atoms with E-state index in [0.717, 1.165) is 12.3 Å². The van der Waals surface area contributed by atoms with Crippen molar-refractivity contribution in [1.29, 1.82) is 0 Å². The lowest BCUT2D eigenvalue weighted by Crippen LogP contribution is -2.43. The Labute approximate surface area is 247 Å². The molecule has 0 saturated carbocycles. The molecule has 1 aliphatic heterocycles. The van der Waals surface area contributed by atoms with E-state index in [9.17, 15) is 49.1 Å². The van der Waals surface area contributed by atoms with Gasteiger partial charge in [0.15, 0.2) is 0 Å². The minimum atomic E-state index is -5.23. The highest BCUT2D eigenvalue weighted by Crippen LogP contribution is 2.50. The summed E-state index contributed by atoms with van der Waals surface area (Å²) in [6.07, 6.45) is -15.5. The van der Waals surface area contributed by atoms with Crippen LogP contribution in [-0.2, 0) is 21.4 Å². The van der Waals surface area contributed by atoms with Crippen LogP contribution in [-0.4, -0.2) is 36.4 Å². The summed E-state index contributed by atoms with van der Waals surface area (Å²) in [5.41, 5.74) is -5.80. The number of carbonyl (C=O) groups excluding carboxylic acids is 2. The van der Waals surface area contributed by atoms with Crippen LogP contribution in [0.5, 0.6) is 0 Å². The molecule has 44 heavy (non-hydrogen) atoms. The summed E-state index contributed by atoms with van der Waals surface area (Å²) >= 11 is 5.75. The first-order valence-electron chi connectivity index (χ1n) is 12.4. The fraction of sp³-hybridized carbons (Fsp3) is 0.250. The predicted octanol–water partition coefficient (Wildman–Crippen LogP) is 7.41. The second-order valence-corrected chi connectivity index (χ2v) is 9.97. The van der Waals surface area contributed by atoms with Crippen LogP contribution >= 0.6 is 11.6 Å². The Balaban J connectivity index is 1.60. The zero-order valence-corrected chi connectivity index (χ0v) is 22.7. The van der Waals surface area contributed by atoms with Crippen LogP contribution in [0.15, 0.2) is 72.0 Å². The molecule has 6 nitrogen and oxygen atoms in total. The first-order valence-corrected chi connectivity index (χ1v) is 12.8. The van der Waals surface area contributed by atoms with Gasteiger partial charge in [-0.25, -0.2) is 0 Å². The molecule has 3 aromatic carbocycles. The van der Waals surface area contributed by atoms with Gasteiger partial charge in [-0.2, -0.15) is 39.5 Å². The zero-order valence-electron chi connectivity index (χ0n) is 21.9. The fourth-order valence-corrected chi connectivity index (χ4v) is 4.67. The second kappa shape index (κ2) is 12.0. The monoisotopic (exact) mass is 651 g/mol. The summed E-state index contributed by atoms with van der Waals surface area (Å²) in [7, 11) is 0. The van der Waals surface area contributed by atoms with Gasteiger partial charge in [0, 0.05) is 34.3 Å². The Morgan fingerprint density at radius 2 is 1.64 bits per heavy atom. The molecule has 0 spiro atoms. The average Bonchev–Trinajstić information content (AvgIpc) is 3.39. The molecule has 2 amide bonds. The van der Waals surface area contributed by atoms with Gasteiger partial charge in [-0.1, -0.05) is 53.2 Å². The topological polar surface area (TPSA) is 79.8 Å². The fourth-order valence-electron chi connectivity index (χ4n) is 4.43. The van der Waals surface area contributed by atoms with Gasteiger partial charge < -0.3 is 15.5 Å². The predicted molar refractivity (Wildman–Crippen MR) is 141 cm³/mol. The van der Waals surface area contributed by atoms with Gasteiger partial charge >= 0.3 is 18.5 Å². The molecule has 1 atom stereocenters. The quantitative estimate of drug-likeness (QED) is 0.261. The summed E-state index contributed by atoms with van der Waals surface area (Å²) < 4.78 is 120. The van der Waals surface area contributed by atoms with Crippen LogP contribution in [0.2, 0.25) is 5.02 Å². The number of rotatable bonds is 7. The molecule has 16 heteroatoms. The summed E-state index contributed by atoms with van der Waals surface area (Å²) in [5, 5.41) is 7.83. The number of nitrogens with zero attached hydrogens (tertiary/aromatic N) is 1. The lowest BCUT2D eigenvalue weighted by Gasteiger charge is -2.30. The van der Waals surface area contributed by atoms with E-state index in [-0.39, 0.29) is 27.6 Å². The molecule has 1 heterocycles. The summed E-state index contributed by atoms with van der Waals surface area (Å²) in [6, 6.07) is 9.99. The number of nitrogens with one attached hydrogen (secondary N) is 2. The van der Waals surface area contributed by atoms with Crippen molar-refractivity contribution in [2.24, 2.45) is 5.16 Å². The van der Waals surface area contributed by atoms with Gasteiger partial charge in [0.25, 0.3) is 11.5 Å². The summed E-state index contributed by atoms with van der Waals surface area (Å²) in [6.45, 7) is -0.612. The van der Waals surface area contributed by atoms with Crippen molar-refractivity contribution in [2.75, 3.05) is 6.54 Å². The van der Waals surface area contributed by atoms with Crippen molar-refractivity contribution in [3.63, 3.8) is 0 Å². The van der Waals surface area contributed by atoms with Gasteiger partial charge in [-0.3, -0.25) is 9.59 Å². The SMILES string of the molecule is O=C(CNC(=O)c1ccc(C2=NOC(c3cc(Cl)cc(C(F)(F)F)c3)(C(F)(F)F)C2)c2ccccc12)N/C=C/CC(F)(F)F. The number of carbonyl (C=O) groups is 2. The van der Waals surface area contributed by atoms with E-state index < -0.39 is 71.5 Å². The Morgan fingerprint density at radius 3 is 2.27 bits per heavy atom. The van der Waals surface area contributed by atoms with Crippen LogP contribution < -0.4 is 10.6 Å². The molecule has 2 N–H and O–H groups in total. The third-order valence-corrected chi connectivity index (χ3v) is 6.70. The molecule has 0 radical (unpaired) electrons. The van der Waals surface area contributed by atoms with Crippen molar-refractivity contribution >= 4 is 39.9 Å². The minimum absolute atomic E-state index is 0.00368. The molecule has 0 saturated heterocycles. The van der Waals surface area contributed by atoms with E-state index in [1.807, 2.05) is 0 Å². The van der Waals surface area contributed by atoms with Crippen molar-refractivity contribution in [3.8, 4) is 0 Å². The molecule has 1 aliphatic rings. The molecule has 4 rings (SSSR count). The molecule has 234 valence electrons. The van der Waals surface area contributed by atoms with Crippen molar-refractivity contribution in [3.05, 3.63) is 94.1 Å². The van der Waals surface area contributed by atoms with Crippen molar-refractivity contribution in [1.82, 2.24) is 10.6 Å². The Morgan fingerprint density at radius 1 is 0.955 bits per heavy atom. The molecule has 0 fully saturated rings.